The molecule has 0 fully saturated rings. The van der Waals surface area contributed by atoms with Gasteiger partial charge in [0.1, 0.15) is 0 Å². The van der Waals surface area contributed by atoms with E-state index in [0.29, 0.717) is 5.69 Å². The van der Waals surface area contributed by atoms with Crippen molar-refractivity contribution in [1.29, 1.82) is 0 Å². The van der Waals surface area contributed by atoms with Crippen molar-refractivity contribution >= 4 is 24.2 Å². The third kappa shape index (κ3) is 2.95. The molecule has 0 unspecified atom stereocenters. The van der Waals surface area contributed by atoms with Crippen LogP contribution in [0.3, 0.4) is 0 Å². The average Bonchev–Trinajstić information content (AvgIpc) is 2.04. The summed E-state index contributed by atoms with van der Waals surface area (Å²) in [6.45, 7) is 1.96. The number of halogens is 1. The monoisotopic (exact) mass is 201 g/mol. The molecule has 1 aromatic carbocycles. The van der Waals surface area contributed by atoms with Gasteiger partial charge in [0.25, 0.3) is 0 Å². The van der Waals surface area contributed by atoms with E-state index in [4.69, 9.17) is 5.11 Å². The van der Waals surface area contributed by atoms with Gasteiger partial charge in [-0.1, -0.05) is 17.7 Å². The summed E-state index contributed by atoms with van der Waals surface area (Å²) in [6, 6.07) is 7.33. The normalized spacial score (nSPS) is 8.77. The van der Waals surface area contributed by atoms with E-state index in [2.05, 4.69) is 0 Å². The number of hydrogen-bond acceptors (Lipinski definition) is 1. The Morgan fingerprint density at radius 2 is 1.77 bits per heavy atom. The fourth-order valence-electron chi connectivity index (χ4n) is 0.879. The molecule has 0 aliphatic heterocycles. The molecule has 1 aromatic rings. The molecule has 0 aliphatic carbocycles. The first-order valence-electron chi connectivity index (χ1n) is 3.64. The topological polar surface area (TPSA) is 40.5 Å². The number of anilines is 1. The summed E-state index contributed by atoms with van der Waals surface area (Å²) in [6.07, 6.45) is -0.946. The molecule has 3 nitrogen and oxygen atoms in total. The van der Waals surface area contributed by atoms with E-state index in [1.807, 2.05) is 19.1 Å². The molecule has 0 saturated carbocycles. The van der Waals surface area contributed by atoms with Crippen LogP contribution in [0, 0.1) is 6.92 Å². The van der Waals surface area contributed by atoms with Crippen LogP contribution >= 0.6 is 12.4 Å². The van der Waals surface area contributed by atoms with Crippen molar-refractivity contribution in [3.05, 3.63) is 29.8 Å². The number of nitrogens with zero attached hydrogens (tertiary/aromatic N) is 1. The Hall–Kier alpha value is -1.22. The zero-order valence-corrected chi connectivity index (χ0v) is 8.34. The van der Waals surface area contributed by atoms with Crippen molar-refractivity contribution in [2.75, 3.05) is 11.9 Å². The maximum Gasteiger partial charge on any atom is 0.411 e. The lowest BCUT2D eigenvalue weighted by Crippen LogP contribution is -2.23. The highest BCUT2D eigenvalue weighted by Crippen LogP contribution is 2.12. The maximum atomic E-state index is 10.5. The van der Waals surface area contributed by atoms with Crippen LogP contribution in [0.1, 0.15) is 5.56 Å². The maximum absolute atomic E-state index is 10.5. The minimum absolute atomic E-state index is 0. The SMILES string of the molecule is Cc1ccc(N(C)C(=O)O)cc1.Cl. The lowest BCUT2D eigenvalue weighted by Gasteiger charge is -2.12. The number of hydrogen-bond donors (Lipinski definition) is 1. The number of carboxylic acid groups (broad SMARTS) is 1. The van der Waals surface area contributed by atoms with Crippen LogP contribution in [-0.2, 0) is 0 Å². The molecule has 4 heteroatoms. The van der Waals surface area contributed by atoms with Crippen molar-refractivity contribution in [1.82, 2.24) is 0 Å². The molecule has 13 heavy (non-hydrogen) atoms. The van der Waals surface area contributed by atoms with Crippen LogP contribution in [-0.4, -0.2) is 18.2 Å². The largest absolute Gasteiger partial charge is 0.465 e. The van der Waals surface area contributed by atoms with E-state index in [1.54, 1.807) is 12.1 Å². The van der Waals surface area contributed by atoms with E-state index in [0.717, 1.165) is 5.56 Å². The predicted octanol–water partition coefficient (Wildman–Crippen LogP) is 2.53. The molecule has 0 saturated heterocycles. The molecule has 0 spiro atoms. The zero-order valence-electron chi connectivity index (χ0n) is 7.52. The third-order valence-corrected chi connectivity index (χ3v) is 1.71. The second-order valence-electron chi connectivity index (χ2n) is 2.68. The summed E-state index contributed by atoms with van der Waals surface area (Å²) in [5.41, 5.74) is 1.81. The minimum Gasteiger partial charge on any atom is -0.465 e. The Labute approximate surface area is 83.4 Å². The van der Waals surface area contributed by atoms with E-state index < -0.39 is 6.09 Å². The summed E-state index contributed by atoms with van der Waals surface area (Å²) in [7, 11) is 1.52. The number of amides is 1. The molecule has 0 aromatic heterocycles. The van der Waals surface area contributed by atoms with Crippen LogP contribution in [0.2, 0.25) is 0 Å². The lowest BCUT2D eigenvalue weighted by atomic mass is 10.2. The molecule has 0 atom stereocenters. The standard InChI is InChI=1S/C9H11NO2.ClH/c1-7-3-5-8(6-4-7)10(2)9(11)12;/h3-6H,1-2H3,(H,11,12);1H. The van der Waals surface area contributed by atoms with Crippen molar-refractivity contribution in [3.63, 3.8) is 0 Å². The lowest BCUT2D eigenvalue weighted by molar-refractivity contribution is 0.203. The highest BCUT2D eigenvalue weighted by molar-refractivity contribution is 5.85. The second kappa shape index (κ2) is 4.72. The molecule has 72 valence electrons. The van der Waals surface area contributed by atoms with Gasteiger partial charge in [0.2, 0.25) is 0 Å². The summed E-state index contributed by atoms with van der Waals surface area (Å²) < 4.78 is 0. The van der Waals surface area contributed by atoms with Crippen molar-refractivity contribution in [2.45, 2.75) is 6.92 Å². The minimum atomic E-state index is -0.946. The molecule has 0 heterocycles. The highest BCUT2D eigenvalue weighted by Gasteiger charge is 2.06. The predicted molar refractivity (Wildman–Crippen MR) is 54.9 cm³/mol. The van der Waals surface area contributed by atoms with Gasteiger partial charge in [-0.05, 0) is 19.1 Å². The molecule has 1 rings (SSSR count). The van der Waals surface area contributed by atoms with Crippen LogP contribution < -0.4 is 4.90 Å². The van der Waals surface area contributed by atoms with Crippen LogP contribution in [0.5, 0.6) is 0 Å². The summed E-state index contributed by atoms with van der Waals surface area (Å²) in [5, 5.41) is 8.63. The molecule has 0 aliphatic rings. The van der Waals surface area contributed by atoms with Crippen LogP contribution in [0.15, 0.2) is 24.3 Å². The Morgan fingerprint density at radius 3 is 2.15 bits per heavy atom. The second-order valence-corrected chi connectivity index (χ2v) is 2.68. The van der Waals surface area contributed by atoms with Gasteiger partial charge in [0.05, 0.1) is 0 Å². The number of benzene rings is 1. The van der Waals surface area contributed by atoms with Gasteiger partial charge in [0, 0.05) is 12.7 Å². The van der Waals surface area contributed by atoms with Gasteiger partial charge >= 0.3 is 6.09 Å². The van der Waals surface area contributed by atoms with Gasteiger partial charge < -0.3 is 5.11 Å². The van der Waals surface area contributed by atoms with E-state index in [1.165, 1.54) is 11.9 Å². The average molecular weight is 202 g/mol. The van der Waals surface area contributed by atoms with E-state index >= 15 is 0 Å². The molecule has 1 N–H and O–H groups in total. The van der Waals surface area contributed by atoms with Gasteiger partial charge in [-0.2, -0.15) is 0 Å². The first-order chi connectivity index (χ1) is 5.61. The Morgan fingerprint density at radius 1 is 1.31 bits per heavy atom. The van der Waals surface area contributed by atoms with Gasteiger partial charge in [0.15, 0.2) is 0 Å². The van der Waals surface area contributed by atoms with Crippen LogP contribution in [0.25, 0.3) is 0 Å². The van der Waals surface area contributed by atoms with Crippen LogP contribution in [0.4, 0.5) is 10.5 Å². The fourth-order valence-corrected chi connectivity index (χ4v) is 0.879. The van der Waals surface area contributed by atoms with E-state index in [9.17, 15) is 4.79 Å². The Bertz CT molecular complexity index is 284. The Kier molecular flexibility index (Phi) is 4.28. The Balaban J connectivity index is 0.00000144. The molecule has 0 radical (unpaired) electrons. The number of rotatable bonds is 1. The summed E-state index contributed by atoms with van der Waals surface area (Å²) in [5.74, 6) is 0. The third-order valence-electron chi connectivity index (χ3n) is 1.71. The first kappa shape index (κ1) is 11.8. The van der Waals surface area contributed by atoms with Crippen molar-refractivity contribution in [2.24, 2.45) is 0 Å². The highest BCUT2D eigenvalue weighted by atomic mass is 35.5. The first-order valence-corrected chi connectivity index (χ1v) is 3.64. The smallest absolute Gasteiger partial charge is 0.411 e. The molecule has 1 amide bonds. The van der Waals surface area contributed by atoms with E-state index in [-0.39, 0.29) is 12.4 Å². The van der Waals surface area contributed by atoms with Gasteiger partial charge in [-0.15, -0.1) is 12.4 Å². The molecular weight excluding hydrogens is 190 g/mol. The number of carbonyl (C=O) groups is 1. The molecule has 0 bridgehead atoms. The summed E-state index contributed by atoms with van der Waals surface area (Å²) in [4.78, 5) is 11.7. The van der Waals surface area contributed by atoms with Gasteiger partial charge in [-0.3, -0.25) is 4.90 Å². The van der Waals surface area contributed by atoms with Gasteiger partial charge in [-0.25, -0.2) is 4.79 Å². The zero-order chi connectivity index (χ0) is 9.14. The fraction of sp³-hybridized carbons (Fsp3) is 0.222. The quantitative estimate of drug-likeness (QED) is 0.759. The number of aryl methyl sites for hydroxylation is 1. The van der Waals surface area contributed by atoms with Crippen molar-refractivity contribution < 1.29 is 9.90 Å². The summed E-state index contributed by atoms with van der Waals surface area (Å²) >= 11 is 0. The molecular formula is C9H12ClNO2. The van der Waals surface area contributed by atoms with Crippen molar-refractivity contribution in [3.8, 4) is 0 Å².